The van der Waals surface area contributed by atoms with E-state index in [1.165, 1.54) is 11.0 Å². The van der Waals surface area contributed by atoms with Crippen LogP contribution < -0.4 is 5.32 Å². The second-order valence-electron chi connectivity index (χ2n) is 3.99. The van der Waals surface area contributed by atoms with E-state index in [-0.39, 0.29) is 11.6 Å². The first-order valence-corrected chi connectivity index (χ1v) is 5.86. The van der Waals surface area contributed by atoms with Gasteiger partial charge in [0, 0.05) is 19.4 Å². The molecule has 0 atom stereocenters. The molecule has 3 aromatic rings. The number of nitrogens with one attached hydrogen (secondary N) is 1. The fraction of sp³-hybridized carbons (Fsp3) is 0.0833. The zero-order chi connectivity index (χ0) is 13.9. The van der Waals surface area contributed by atoms with Crippen LogP contribution in [0.3, 0.4) is 0 Å². The van der Waals surface area contributed by atoms with E-state index in [9.17, 15) is 4.79 Å². The molecule has 8 nitrogen and oxygen atoms in total. The highest BCUT2D eigenvalue weighted by Crippen LogP contribution is 2.07. The van der Waals surface area contributed by atoms with Crippen molar-refractivity contribution in [1.82, 2.24) is 29.5 Å². The molecular weight excluding hydrogens is 258 g/mol. The van der Waals surface area contributed by atoms with Crippen LogP contribution in [0, 0.1) is 0 Å². The summed E-state index contributed by atoms with van der Waals surface area (Å²) in [4.78, 5) is 20.3. The van der Waals surface area contributed by atoms with Gasteiger partial charge in [0.15, 0.2) is 5.82 Å². The molecule has 0 spiro atoms. The van der Waals surface area contributed by atoms with Crippen LogP contribution >= 0.6 is 0 Å². The van der Waals surface area contributed by atoms with Crippen LogP contribution in [0.2, 0.25) is 0 Å². The summed E-state index contributed by atoms with van der Waals surface area (Å²) in [6.45, 7) is 0. The number of rotatable bonds is 3. The number of carbonyl (C=O) groups excluding carboxylic acids is 1. The molecule has 0 saturated heterocycles. The summed E-state index contributed by atoms with van der Waals surface area (Å²) in [7, 11) is 1.69. The lowest BCUT2D eigenvalue weighted by molar-refractivity contribution is 0.102. The smallest absolute Gasteiger partial charge is 0.276 e. The topological polar surface area (TPSA) is 90.5 Å². The molecule has 0 aliphatic rings. The van der Waals surface area contributed by atoms with Gasteiger partial charge in [0.05, 0.1) is 0 Å². The van der Waals surface area contributed by atoms with E-state index < -0.39 is 0 Å². The standard InChI is InChI=1S/C12H11N7O/c1-18-12(13-8-15-18)17-11(20)9-4-2-5-10(16-9)19-7-3-6-14-19/h2-8H,1H3,(H,13,15,17,20). The van der Waals surface area contributed by atoms with Gasteiger partial charge in [-0.05, 0) is 18.2 Å². The van der Waals surface area contributed by atoms with Crippen LogP contribution in [0.5, 0.6) is 0 Å². The van der Waals surface area contributed by atoms with E-state index in [0.717, 1.165) is 0 Å². The number of amides is 1. The average molecular weight is 269 g/mol. The van der Waals surface area contributed by atoms with Crippen LogP contribution in [0.1, 0.15) is 10.5 Å². The molecule has 0 fully saturated rings. The zero-order valence-corrected chi connectivity index (χ0v) is 10.6. The Morgan fingerprint density at radius 1 is 1.25 bits per heavy atom. The molecule has 8 heteroatoms. The Kier molecular flexibility index (Phi) is 2.96. The van der Waals surface area contributed by atoms with E-state index in [4.69, 9.17) is 0 Å². The number of anilines is 1. The first-order chi connectivity index (χ1) is 9.74. The molecule has 0 bridgehead atoms. The first-order valence-electron chi connectivity index (χ1n) is 5.86. The summed E-state index contributed by atoms with van der Waals surface area (Å²) in [5, 5.41) is 10.6. The Hall–Kier alpha value is -3.03. The quantitative estimate of drug-likeness (QED) is 0.753. The lowest BCUT2D eigenvalue weighted by atomic mass is 10.3. The lowest BCUT2D eigenvalue weighted by Gasteiger charge is -2.05. The molecular formula is C12H11N7O. The average Bonchev–Trinajstić information content (AvgIpc) is 3.12. The number of carbonyl (C=O) groups is 1. The molecule has 20 heavy (non-hydrogen) atoms. The van der Waals surface area contributed by atoms with Crippen molar-refractivity contribution in [3.05, 3.63) is 48.7 Å². The fourth-order valence-electron chi connectivity index (χ4n) is 1.66. The normalized spacial score (nSPS) is 10.4. The Bertz CT molecular complexity index is 732. The number of aryl methyl sites for hydroxylation is 1. The maximum Gasteiger partial charge on any atom is 0.276 e. The van der Waals surface area contributed by atoms with Gasteiger partial charge in [-0.25, -0.2) is 14.3 Å². The van der Waals surface area contributed by atoms with Crippen LogP contribution in [-0.4, -0.2) is 35.4 Å². The summed E-state index contributed by atoms with van der Waals surface area (Å²) in [5.41, 5.74) is 0.279. The molecule has 0 saturated carbocycles. The number of pyridine rings is 1. The molecule has 3 rings (SSSR count). The lowest BCUT2D eigenvalue weighted by Crippen LogP contribution is -2.17. The van der Waals surface area contributed by atoms with Crippen molar-refractivity contribution in [2.24, 2.45) is 7.05 Å². The summed E-state index contributed by atoms with van der Waals surface area (Å²) >= 11 is 0. The largest absolute Gasteiger partial charge is 0.289 e. The zero-order valence-electron chi connectivity index (χ0n) is 10.6. The molecule has 0 unspecified atom stereocenters. The molecule has 100 valence electrons. The molecule has 0 aliphatic heterocycles. The van der Waals surface area contributed by atoms with Crippen molar-refractivity contribution in [2.75, 3.05) is 5.32 Å². The minimum absolute atomic E-state index is 0.279. The van der Waals surface area contributed by atoms with E-state index in [1.54, 1.807) is 48.4 Å². The van der Waals surface area contributed by atoms with E-state index in [2.05, 4.69) is 25.5 Å². The van der Waals surface area contributed by atoms with Gasteiger partial charge < -0.3 is 0 Å². The maximum absolute atomic E-state index is 12.1. The fourth-order valence-corrected chi connectivity index (χ4v) is 1.66. The van der Waals surface area contributed by atoms with Crippen LogP contribution in [0.15, 0.2) is 43.0 Å². The summed E-state index contributed by atoms with van der Waals surface area (Å²) in [6, 6.07) is 6.92. The monoisotopic (exact) mass is 269 g/mol. The molecule has 3 heterocycles. The summed E-state index contributed by atoms with van der Waals surface area (Å²) < 4.78 is 3.05. The highest BCUT2D eigenvalue weighted by molar-refractivity contribution is 6.01. The first kappa shape index (κ1) is 12.0. The molecule has 1 N–H and O–H groups in total. The minimum atomic E-state index is -0.352. The van der Waals surface area contributed by atoms with Gasteiger partial charge in [0.25, 0.3) is 5.91 Å². The van der Waals surface area contributed by atoms with Crippen molar-refractivity contribution in [2.45, 2.75) is 0 Å². The third kappa shape index (κ3) is 2.26. The van der Waals surface area contributed by atoms with Crippen molar-refractivity contribution < 1.29 is 4.79 Å². The number of hydrogen-bond acceptors (Lipinski definition) is 5. The van der Waals surface area contributed by atoms with E-state index in [1.807, 2.05) is 0 Å². The van der Waals surface area contributed by atoms with Crippen LogP contribution in [-0.2, 0) is 7.05 Å². The minimum Gasteiger partial charge on any atom is -0.289 e. The Labute approximate surface area is 114 Å². The summed E-state index contributed by atoms with van der Waals surface area (Å²) in [5.74, 6) is 0.581. The van der Waals surface area contributed by atoms with Crippen molar-refractivity contribution in [3.63, 3.8) is 0 Å². The van der Waals surface area contributed by atoms with Gasteiger partial charge in [0.1, 0.15) is 12.0 Å². The summed E-state index contributed by atoms with van der Waals surface area (Å²) in [6.07, 6.45) is 4.77. The van der Waals surface area contributed by atoms with E-state index in [0.29, 0.717) is 11.8 Å². The molecule has 0 aromatic carbocycles. The van der Waals surface area contributed by atoms with Crippen molar-refractivity contribution in [1.29, 1.82) is 0 Å². The second-order valence-corrected chi connectivity index (χ2v) is 3.99. The van der Waals surface area contributed by atoms with E-state index >= 15 is 0 Å². The van der Waals surface area contributed by atoms with Gasteiger partial charge in [-0.2, -0.15) is 15.2 Å². The third-order valence-corrected chi connectivity index (χ3v) is 2.64. The predicted molar refractivity (Wildman–Crippen MR) is 70.3 cm³/mol. The predicted octanol–water partition coefficient (Wildman–Crippen LogP) is 0.648. The Morgan fingerprint density at radius 3 is 2.85 bits per heavy atom. The highest BCUT2D eigenvalue weighted by atomic mass is 16.2. The highest BCUT2D eigenvalue weighted by Gasteiger charge is 2.11. The third-order valence-electron chi connectivity index (χ3n) is 2.64. The van der Waals surface area contributed by atoms with Gasteiger partial charge in [-0.1, -0.05) is 6.07 Å². The Morgan fingerprint density at radius 2 is 2.15 bits per heavy atom. The van der Waals surface area contributed by atoms with Crippen molar-refractivity contribution >= 4 is 11.9 Å². The molecule has 0 radical (unpaired) electrons. The van der Waals surface area contributed by atoms with Crippen LogP contribution in [0.4, 0.5) is 5.95 Å². The molecule has 3 aromatic heterocycles. The number of nitrogens with zero attached hydrogens (tertiary/aromatic N) is 6. The molecule has 0 aliphatic carbocycles. The maximum atomic E-state index is 12.1. The second kappa shape index (κ2) is 4.92. The van der Waals surface area contributed by atoms with Gasteiger partial charge in [0.2, 0.25) is 5.95 Å². The van der Waals surface area contributed by atoms with Crippen LogP contribution in [0.25, 0.3) is 5.82 Å². The number of hydrogen-bond donors (Lipinski definition) is 1. The van der Waals surface area contributed by atoms with Crippen molar-refractivity contribution in [3.8, 4) is 5.82 Å². The van der Waals surface area contributed by atoms with Gasteiger partial charge in [-0.15, -0.1) is 0 Å². The van der Waals surface area contributed by atoms with Gasteiger partial charge >= 0.3 is 0 Å². The number of aromatic nitrogens is 6. The molecule has 1 amide bonds. The van der Waals surface area contributed by atoms with Gasteiger partial charge in [-0.3, -0.25) is 10.1 Å². The SMILES string of the molecule is Cn1ncnc1NC(=O)c1cccc(-n2cccn2)n1. The Balaban J connectivity index is 1.85.